The standard InChI is InChI=1S/C17H25ClN4O/c1-3-22(4-2)13-23-12-19-9-10-21-16-7-8-20-17-11-14(18)5-6-15(16)17/h5-8,11,19H,3-4,9-10,12-13H2,1-2H3,(H,20,21). The zero-order valence-electron chi connectivity index (χ0n) is 13.8. The van der Waals surface area contributed by atoms with Crippen molar-refractivity contribution in [2.45, 2.75) is 13.8 Å². The molecule has 0 aliphatic heterocycles. The van der Waals surface area contributed by atoms with Crippen molar-refractivity contribution in [2.24, 2.45) is 0 Å². The number of halogens is 1. The molecule has 23 heavy (non-hydrogen) atoms. The van der Waals surface area contributed by atoms with E-state index in [0.717, 1.165) is 42.8 Å². The van der Waals surface area contributed by atoms with Gasteiger partial charge in [-0.1, -0.05) is 25.4 Å². The fraction of sp³-hybridized carbons (Fsp3) is 0.471. The first-order chi connectivity index (χ1) is 11.2. The molecule has 0 bridgehead atoms. The van der Waals surface area contributed by atoms with Crippen LogP contribution in [0.4, 0.5) is 5.69 Å². The SMILES string of the molecule is CCN(CC)COCNCCNc1ccnc2cc(Cl)ccc12. The molecule has 6 heteroatoms. The molecule has 2 N–H and O–H groups in total. The maximum atomic E-state index is 6.00. The molecule has 1 aromatic carbocycles. The second-order valence-corrected chi connectivity index (χ2v) is 5.66. The van der Waals surface area contributed by atoms with Crippen molar-refractivity contribution < 1.29 is 4.74 Å². The Kier molecular flexibility index (Phi) is 7.55. The van der Waals surface area contributed by atoms with Gasteiger partial charge in [0, 0.05) is 35.4 Å². The first-order valence-electron chi connectivity index (χ1n) is 8.03. The van der Waals surface area contributed by atoms with Crippen molar-refractivity contribution in [1.82, 2.24) is 15.2 Å². The maximum Gasteiger partial charge on any atom is 0.101 e. The van der Waals surface area contributed by atoms with Crippen molar-refractivity contribution in [3.05, 3.63) is 35.5 Å². The van der Waals surface area contributed by atoms with E-state index in [-0.39, 0.29) is 0 Å². The molecule has 0 aliphatic rings. The lowest BCUT2D eigenvalue weighted by molar-refractivity contribution is 0.0251. The van der Waals surface area contributed by atoms with Crippen LogP contribution in [0.15, 0.2) is 30.5 Å². The van der Waals surface area contributed by atoms with Gasteiger partial charge in [-0.25, -0.2) is 0 Å². The molecule has 0 spiro atoms. The van der Waals surface area contributed by atoms with Gasteiger partial charge < -0.3 is 10.1 Å². The van der Waals surface area contributed by atoms with Crippen molar-refractivity contribution in [1.29, 1.82) is 0 Å². The van der Waals surface area contributed by atoms with Gasteiger partial charge in [-0.3, -0.25) is 15.2 Å². The minimum atomic E-state index is 0.560. The molecule has 0 atom stereocenters. The molecular weight excluding hydrogens is 312 g/mol. The van der Waals surface area contributed by atoms with E-state index in [0.29, 0.717) is 18.5 Å². The van der Waals surface area contributed by atoms with E-state index in [1.54, 1.807) is 6.20 Å². The third-order valence-electron chi connectivity index (χ3n) is 3.69. The molecular formula is C17H25ClN4O. The topological polar surface area (TPSA) is 49.4 Å². The Balaban J connectivity index is 1.71. The number of hydrogen-bond acceptors (Lipinski definition) is 5. The van der Waals surface area contributed by atoms with E-state index in [1.807, 2.05) is 24.3 Å². The van der Waals surface area contributed by atoms with Crippen LogP contribution in [0.5, 0.6) is 0 Å². The molecule has 2 aromatic rings. The number of nitrogens with zero attached hydrogens (tertiary/aromatic N) is 2. The fourth-order valence-corrected chi connectivity index (χ4v) is 2.45. The highest BCUT2D eigenvalue weighted by atomic mass is 35.5. The molecule has 5 nitrogen and oxygen atoms in total. The summed E-state index contributed by atoms with van der Waals surface area (Å²) in [6, 6.07) is 7.73. The largest absolute Gasteiger partial charge is 0.383 e. The minimum Gasteiger partial charge on any atom is -0.383 e. The molecule has 1 aromatic heterocycles. The molecule has 0 unspecified atom stereocenters. The summed E-state index contributed by atoms with van der Waals surface area (Å²) in [5.41, 5.74) is 1.97. The van der Waals surface area contributed by atoms with Crippen molar-refractivity contribution in [3.63, 3.8) is 0 Å². The van der Waals surface area contributed by atoms with E-state index in [2.05, 4.69) is 34.4 Å². The molecule has 0 amide bonds. The van der Waals surface area contributed by atoms with Crippen LogP contribution in [0.3, 0.4) is 0 Å². The van der Waals surface area contributed by atoms with Crippen LogP contribution in [-0.2, 0) is 4.74 Å². The number of nitrogens with one attached hydrogen (secondary N) is 2. The number of fused-ring (bicyclic) bond motifs is 1. The Labute approximate surface area is 143 Å². The third-order valence-corrected chi connectivity index (χ3v) is 3.93. The quantitative estimate of drug-likeness (QED) is 0.515. The molecule has 1 heterocycles. The molecule has 0 fully saturated rings. The first kappa shape index (κ1) is 17.9. The van der Waals surface area contributed by atoms with Crippen molar-refractivity contribution >= 4 is 28.2 Å². The average Bonchev–Trinajstić information content (AvgIpc) is 2.57. The van der Waals surface area contributed by atoms with E-state index < -0.39 is 0 Å². The van der Waals surface area contributed by atoms with Crippen LogP contribution in [0, 0.1) is 0 Å². The summed E-state index contributed by atoms with van der Waals surface area (Å²) < 4.78 is 5.58. The van der Waals surface area contributed by atoms with Crippen LogP contribution in [0.25, 0.3) is 10.9 Å². The number of benzene rings is 1. The highest BCUT2D eigenvalue weighted by Crippen LogP contribution is 2.23. The number of aromatic nitrogens is 1. The lowest BCUT2D eigenvalue weighted by Gasteiger charge is -2.18. The zero-order chi connectivity index (χ0) is 16.5. The Morgan fingerprint density at radius 3 is 2.78 bits per heavy atom. The lowest BCUT2D eigenvalue weighted by Crippen LogP contribution is -2.30. The summed E-state index contributed by atoms with van der Waals surface area (Å²) in [6.07, 6.45) is 1.79. The van der Waals surface area contributed by atoms with Crippen LogP contribution in [0.2, 0.25) is 5.02 Å². The Morgan fingerprint density at radius 2 is 2.00 bits per heavy atom. The summed E-state index contributed by atoms with van der Waals surface area (Å²) in [4.78, 5) is 6.57. The summed E-state index contributed by atoms with van der Waals surface area (Å²) in [7, 11) is 0. The summed E-state index contributed by atoms with van der Waals surface area (Å²) in [5, 5.41) is 8.47. The predicted molar refractivity (Wildman–Crippen MR) is 97.0 cm³/mol. The Bertz CT molecular complexity index is 604. The molecule has 0 radical (unpaired) electrons. The van der Waals surface area contributed by atoms with Gasteiger partial charge in [-0.2, -0.15) is 0 Å². The van der Waals surface area contributed by atoms with Crippen molar-refractivity contribution in [3.8, 4) is 0 Å². The summed E-state index contributed by atoms with van der Waals surface area (Å²) >= 11 is 6.00. The molecule has 126 valence electrons. The van der Waals surface area contributed by atoms with Crippen LogP contribution < -0.4 is 10.6 Å². The number of ether oxygens (including phenoxy) is 1. The van der Waals surface area contributed by atoms with E-state index in [9.17, 15) is 0 Å². The van der Waals surface area contributed by atoms with Gasteiger partial charge in [-0.15, -0.1) is 0 Å². The van der Waals surface area contributed by atoms with Crippen molar-refractivity contribution in [2.75, 3.05) is 45.0 Å². The summed E-state index contributed by atoms with van der Waals surface area (Å²) in [6.45, 7) is 9.17. The monoisotopic (exact) mass is 336 g/mol. The van der Waals surface area contributed by atoms with Gasteiger partial charge in [0.15, 0.2) is 0 Å². The maximum absolute atomic E-state index is 6.00. The molecule has 0 saturated carbocycles. The smallest absolute Gasteiger partial charge is 0.101 e. The second kappa shape index (κ2) is 9.67. The Hall–Kier alpha value is -1.40. The predicted octanol–water partition coefficient (Wildman–Crippen LogP) is 3.16. The number of hydrogen-bond donors (Lipinski definition) is 2. The molecule has 0 aliphatic carbocycles. The molecule has 0 saturated heterocycles. The highest BCUT2D eigenvalue weighted by molar-refractivity contribution is 6.31. The lowest BCUT2D eigenvalue weighted by atomic mass is 10.2. The van der Waals surface area contributed by atoms with Gasteiger partial charge >= 0.3 is 0 Å². The van der Waals surface area contributed by atoms with Gasteiger partial charge in [0.2, 0.25) is 0 Å². The third kappa shape index (κ3) is 5.62. The van der Waals surface area contributed by atoms with Gasteiger partial charge in [0.05, 0.1) is 12.2 Å². The van der Waals surface area contributed by atoms with E-state index in [1.165, 1.54) is 0 Å². The highest BCUT2D eigenvalue weighted by Gasteiger charge is 2.02. The normalized spacial score (nSPS) is 11.3. The Morgan fingerprint density at radius 1 is 1.17 bits per heavy atom. The fourth-order valence-electron chi connectivity index (χ4n) is 2.29. The number of rotatable bonds is 10. The summed E-state index contributed by atoms with van der Waals surface area (Å²) in [5.74, 6) is 0. The van der Waals surface area contributed by atoms with Gasteiger partial charge in [-0.05, 0) is 37.4 Å². The first-order valence-corrected chi connectivity index (χ1v) is 8.41. The average molecular weight is 337 g/mol. The van der Waals surface area contributed by atoms with E-state index >= 15 is 0 Å². The van der Waals surface area contributed by atoms with Crippen LogP contribution in [0.1, 0.15) is 13.8 Å². The van der Waals surface area contributed by atoms with Crippen LogP contribution >= 0.6 is 11.6 Å². The number of anilines is 1. The van der Waals surface area contributed by atoms with Gasteiger partial charge in [0.25, 0.3) is 0 Å². The van der Waals surface area contributed by atoms with Crippen LogP contribution in [-0.4, -0.2) is 49.5 Å². The second-order valence-electron chi connectivity index (χ2n) is 5.23. The minimum absolute atomic E-state index is 0.560. The van der Waals surface area contributed by atoms with E-state index in [4.69, 9.17) is 16.3 Å². The number of pyridine rings is 1. The van der Waals surface area contributed by atoms with Gasteiger partial charge in [0.1, 0.15) is 6.73 Å². The molecule has 2 rings (SSSR count). The zero-order valence-corrected chi connectivity index (χ0v) is 14.6.